The molecule has 25 heavy (non-hydrogen) atoms. The fraction of sp³-hybridized carbons (Fsp3) is 0.350. The van der Waals surface area contributed by atoms with Crippen molar-refractivity contribution >= 4 is 18.3 Å². The molecule has 1 heterocycles. The van der Waals surface area contributed by atoms with E-state index in [1.54, 1.807) is 0 Å². The number of rotatable bonds is 6. The van der Waals surface area contributed by atoms with Crippen molar-refractivity contribution in [2.24, 2.45) is 0 Å². The van der Waals surface area contributed by atoms with E-state index < -0.39 is 0 Å². The topological polar surface area (TPSA) is 41.6 Å². The van der Waals surface area contributed by atoms with Crippen molar-refractivity contribution in [2.75, 3.05) is 32.8 Å². The van der Waals surface area contributed by atoms with Crippen molar-refractivity contribution in [3.63, 3.8) is 0 Å². The van der Waals surface area contributed by atoms with Crippen molar-refractivity contribution in [1.82, 2.24) is 10.2 Å². The molecular formula is C20H25ClN2O2. The zero-order valence-corrected chi connectivity index (χ0v) is 15.1. The Labute approximate surface area is 155 Å². The number of halogens is 1. The molecule has 1 fully saturated rings. The molecule has 0 atom stereocenters. The predicted octanol–water partition coefficient (Wildman–Crippen LogP) is 3.17. The molecule has 0 unspecified atom stereocenters. The average Bonchev–Trinajstić information content (AvgIpc) is 2.66. The van der Waals surface area contributed by atoms with E-state index in [4.69, 9.17) is 4.74 Å². The normalized spacial score (nSPS) is 13.8. The zero-order chi connectivity index (χ0) is 16.6. The van der Waals surface area contributed by atoms with E-state index in [1.807, 2.05) is 35.2 Å². The maximum atomic E-state index is 12.5. The van der Waals surface area contributed by atoms with Crippen molar-refractivity contribution in [2.45, 2.75) is 12.8 Å². The monoisotopic (exact) mass is 360 g/mol. The quantitative estimate of drug-likeness (QED) is 0.804. The van der Waals surface area contributed by atoms with E-state index >= 15 is 0 Å². The van der Waals surface area contributed by atoms with Crippen molar-refractivity contribution in [3.8, 4) is 5.75 Å². The molecule has 1 aliphatic rings. The first-order chi connectivity index (χ1) is 11.8. The van der Waals surface area contributed by atoms with Gasteiger partial charge in [0.1, 0.15) is 5.75 Å². The number of nitrogens with one attached hydrogen (secondary N) is 1. The molecule has 0 aliphatic carbocycles. The third kappa shape index (κ3) is 5.76. The summed E-state index contributed by atoms with van der Waals surface area (Å²) in [4.78, 5) is 14.4. The predicted molar refractivity (Wildman–Crippen MR) is 103 cm³/mol. The molecule has 4 nitrogen and oxygen atoms in total. The summed E-state index contributed by atoms with van der Waals surface area (Å²) in [6, 6.07) is 17.9. The summed E-state index contributed by atoms with van der Waals surface area (Å²) in [5.41, 5.74) is 2.03. The Morgan fingerprint density at radius 2 is 1.80 bits per heavy atom. The SMILES string of the molecule is Cl.O=C(c1cccc(OCCCc2ccccc2)c1)N1CCNCC1. The minimum atomic E-state index is 0. The van der Waals surface area contributed by atoms with E-state index in [2.05, 4.69) is 29.6 Å². The maximum Gasteiger partial charge on any atom is 0.254 e. The van der Waals surface area contributed by atoms with Crippen molar-refractivity contribution < 1.29 is 9.53 Å². The minimum Gasteiger partial charge on any atom is -0.494 e. The zero-order valence-electron chi connectivity index (χ0n) is 14.3. The van der Waals surface area contributed by atoms with Crippen LogP contribution in [0.15, 0.2) is 54.6 Å². The second-order valence-corrected chi connectivity index (χ2v) is 6.01. The van der Waals surface area contributed by atoms with Gasteiger partial charge in [0.25, 0.3) is 5.91 Å². The van der Waals surface area contributed by atoms with Gasteiger partial charge in [-0.1, -0.05) is 36.4 Å². The van der Waals surface area contributed by atoms with Crippen LogP contribution >= 0.6 is 12.4 Å². The van der Waals surface area contributed by atoms with Gasteiger partial charge in [-0.15, -0.1) is 12.4 Å². The highest BCUT2D eigenvalue weighted by Gasteiger charge is 2.18. The van der Waals surface area contributed by atoms with Crippen LogP contribution in [0, 0.1) is 0 Å². The highest BCUT2D eigenvalue weighted by Crippen LogP contribution is 2.16. The number of carbonyl (C=O) groups is 1. The Kier molecular flexibility index (Phi) is 7.76. The number of benzene rings is 2. The molecule has 3 rings (SSSR count). The van der Waals surface area contributed by atoms with Crippen LogP contribution in [-0.4, -0.2) is 43.6 Å². The molecule has 0 aromatic heterocycles. The number of carbonyl (C=O) groups excluding carboxylic acids is 1. The molecule has 1 N–H and O–H groups in total. The van der Waals surface area contributed by atoms with Gasteiger partial charge in [0.15, 0.2) is 0 Å². The van der Waals surface area contributed by atoms with E-state index in [0.717, 1.165) is 44.8 Å². The average molecular weight is 361 g/mol. The van der Waals surface area contributed by atoms with Gasteiger partial charge in [0.05, 0.1) is 6.61 Å². The Hall–Kier alpha value is -2.04. The van der Waals surface area contributed by atoms with Gasteiger partial charge in [-0.2, -0.15) is 0 Å². The molecule has 1 aliphatic heterocycles. The number of hydrogen-bond acceptors (Lipinski definition) is 3. The summed E-state index contributed by atoms with van der Waals surface area (Å²) < 4.78 is 5.82. The molecule has 5 heteroatoms. The number of hydrogen-bond donors (Lipinski definition) is 1. The van der Waals surface area contributed by atoms with E-state index in [1.165, 1.54) is 5.56 Å². The Bertz CT molecular complexity index is 658. The summed E-state index contributed by atoms with van der Waals surface area (Å²) >= 11 is 0. The first-order valence-electron chi connectivity index (χ1n) is 8.60. The molecule has 0 spiro atoms. The van der Waals surface area contributed by atoms with Gasteiger partial charge < -0.3 is 15.0 Å². The number of nitrogens with zero attached hydrogens (tertiary/aromatic N) is 1. The molecule has 134 valence electrons. The third-order valence-electron chi connectivity index (χ3n) is 4.21. The standard InChI is InChI=1S/C20H24N2O2.ClH/c23-20(22-13-11-21-12-14-22)18-9-4-10-19(16-18)24-15-5-8-17-6-2-1-3-7-17;/h1-4,6-7,9-10,16,21H,5,8,11-15H2;1H. The lowest BCUT2D eigenvalue weighted by Crippen LogP contribution is -2.46. The highest BCUT2D eigenvalue weighted by atomic mass is 35.5. The molecular weight excluding hydrogens is 336 g/mol. The minimum absolute atomic E-state index is 0. The lowest BCUT2D eigenvalue weighted by molar-refractivity contribution is 0.0735. The van der Waals surface area contributed by atoms with Crippen molar-refractivity contribution in [1.29, 1.82) is 0 Å². The summed E-state index contributed by atoms with van der Waals surface area (Å²) in [5, 5.41) is 3.26. The fourth-order valence-corrected chi connectivity index (χ4v) is 2.88. The van der Waals surface area contributed by atoms with Crippen LogP contribution in [0.1, 0.15) is 22.3 Å². The van der Waals surface area contributed by atoms with Gasteiger partial charge in [-0.05, 0) is 36.6 Å². The van der Waals surface area contributed by atoms with Crippen LogP contribution in [0.25, 0.3) is 0 Å². The van der Waals surface area contributed by atoms with Crippen LogP contribution < -0.4 is 10.1 Å². The number of aryl methyl sites for hydroxylation is 1. The number of piperazine rings is 1. The van der Waals surface area contributed by atoms with Crippen LogP contribution in [0.2, 0.25) is 0 Å². The molecule has 1 amide bonds. The second kappa shape index (κ2) is 10.1. The Balaban J connectivity index is 0.00000225. The molecule has 0 bridgehead atoms. The summed E-state index contributed by atoms with van der Waals surface area (Å²) in [5.74, 6) is 0.857. The first kappa shape index (κ1) is 19.3. The number of amides is 1. The highest BCUT2D eigenvalue weighted by molar-refractivity contribution is 5.94. The van der Waals surface area contributed by atoms with Crippen LogP contribution in [-0.2, 0) is 6.42 Å². The second-order valence-electron chi connectivity index (χ2n) is 6.01. The van der Waals surface area contributed by atoms with E-state index in [0.29, 0.717) is 12.2 Å². The Morgan fingerprint density at radius 1 is 1.04 bits per heavy atom. The Morgan fingerprint density at radius 3 is 2.56 bits per heavy atom. The fourth-order valence-electron chi connectivity index (χ4n) is 2.88. The largest absolute Gasteiger partial charge is 0.494 e. The molecule has 0 saturated carbocycles. The lowest BCUT2D eigenvalue weighted by Gasteiger charge is -2.27. The molecule has 2 aromatic rings. The van der Waals surface area contributed by atoms with E-state index in [-0.39, 0.29) is 18.3 Å². The van der Waals surface area contributed by atoms with Gasteiger partial charge in [0, 0.05) is 31.7 Å². The van der Waals surface area contributed by atoms with Crippen molar-refractivity contribution in [3.05, 3.63) is 65.7 Å². The smallest absolute Gasteiger partial charge is 0.254 e. The maximum absolute atomic E-state index is 12.5. The van der Waals surface area contributed by atoms with Gasteiger partial charge in [-0.25, -0.2) is 0 Å². The van der Waals surface area contributed by atoms with Gasteiger partial charge >= 0.3 is 0 Å². The summed E-state index contributed by atoms with van der Waals surface area (Å²) in [7, 11) is 0. The third-order valence-corrected chi connectivity index (χ3v) is 4.21. The first-order valence-corrected chi connectivity index (χ1v) is 8.60. The van der Waals surface area contributed by atoms with Crippen LogP contribution in [0.5, 0.6) is 5.75 Å². The van der Waals surface area contributed by atoms with Crippen LogP contribution in [0.4, 0.5) is 0 Å². The van der Waals surface area contributed by atoms with Crippen LogP contribution in [0.3, 0.4) is 0 Å². The summed E-state index contributed by atoms with van der Waals surface area (Å²) in [6.07, 6.45) is 1.96. The number of ether oxygens (including phenoxy) is 1. The van der Waals surface area contributed by atoms with Gasteiger partial charge in [-0.3, -0.25) is 4.79 Å². The lowest BCUT2D eigenvalue weighted by atomic mass is 10.1. The summed E-state index contributed by atoms with van der Waals surface area (Å²) in [6.45, 7) is 3.91. The molecule has 0 radical (unpaired) electrons. The molecule has 1 saturated heterocycles. The van der Waals surface area contributed by atoms with E-state index in [9.17, 15) is 4.79 Å². The van der Waals surface area contributed by atoms with Gasteiger partial charge in [0.2, 0.25) is 0 Å². The molecule has 2 aromatic carbocycles.